The molecule has 112 valence electrons. The molecule has 0 fully saturated rings. The van der Waals surface area contributed by atoms with Gasteiger partial charge in [0.15, 0.2) is 0 Å². The Morgan fingerprint density at radius 2 is 1.58 bits per heavy atom. The summed E-state index contributed by atoms with van der Waals surface area (Å²) in [4.78, 5) is 21.1. The van der Waals surface area contributed by atoms with Crippen LogP contribution >= 0.6 is 0 Å². The van der Waals surface area contributed by atoms with Gasteiger partial charge in [-0.15, -0.1) is 0 Å². The molecule has 5 atom stereocenters. The van der Waals surface area contributed by atoms with Gasteiger partial charge in [0.05, 0.1) is 12.7 Å². The van der Waals surface area contributed by atoms with Gasteiger partial charge in [-0.05, 0) is 0 Å². The van der Waals surface area contributed by atoms with E-state index in [0.29, 0.717) is 0 Å². The minimum absolute atomic E-state index is 0.647. The molecule has 5 unspecified atom stereocenters. The molecule has 9 nitrogen and oxygen atoms in total. The molecule has 0 aliphatic heterocycles. The second-order valence-corrected chi connectivity index (χ2v) is 3.93. The van der Waals surface area contributed by atoms with Crippen molar-refractivity contribution in [2.45, 2.75) is 36.9 Å². The van der Waals surface area contributed by atoms with Crippen molar-refractivity contribution in [2.75, 3.05) is 13.7 Å². The number of aliphatic hydroxyl groups is 5. The molecule has 0 aromatic carbocycles. The summed E-state index contributed by atoms with van der Waals surface area (Å²) in [5, 5.41) is 55.1. The third-order valence-electron chi connectivity index (χ3n) is 2.59. The van der Waals surface area contributed by atoms with Gasteiger partial charge in [0.2, 0.25) is 5.78 Å². The minimum atomic E-state index is -1.97. The van der Waals surface area contributed by atoms with Crippen LogP contribution in [0.4, 0.5) is 0 Å². The van der Waals surface area contributed by atoms with Gasteiger partial charge in [-0.25, -0.2) is 4.79 Å². The SMILES string of the molecule is COC(CO)C(O)C(O)C(O)C(O)CC(=O)C(=O)O. The van der Waals surface area contributed by atoms with Crippen molar-refractivity contribution in [3.05, 3.63) is 0 Å². The van der Waals surface area contributed by atoms with Crippen LogP contribution in [0.5, 0.6) is 0 Å². The lowest BCUT2D eigenvalue weighted by Crippen LogP contribution is -2.51. The molecule has 0 aromatic rings. The van der Waals surface area contributed by atoms with E-state index < -0.39 is 55.3 Å². The molecule has 9 heteroatoms. The fourth-order valence-electron chi connectivity index (χ4n) is 1.37. The largest absolute Gasteiger partial charge is 0.475 e. The fourth-order valence-corrected chi connectivity index (χ4v) is 1.37. The zero-order valence-corrected chi connectivity index (χ0v) is 10.2. The van der Waals surface area contributed by atoms with E-state index in [1.165, 1.54) is 0 Å². The zero-order chi connectivity index (χ0) is 15.2. The van der Waals surface area contributed by atoms with Crippen LogP contribution in [-0.2, 0) is 14.3 Å². The number of hydrogen-bond acceptors (Lipinski definition) is 8. The zero-order valence-electron chi connectivity index (χ0n) is 10.2. The van der Waals surface area contributed by atoms with Crippen LogP contribution in [-0.4, -0.2) is 86.6 Å². The maximum Gasteiger partial charge on any atom is 0.372 e. The summed E-state index contributed by atoms with van der Waals surface area (Å²) in [7, 11) is 1.15. The van der Waals surface area contributed by atoms with Crippen LogP contribution < -0.4 is 0 Å². The first-order valence-electron chi connectivity index (χ1n) is 5.38. The number of carboxylic acid groups (broad SMARTS) is 1. The highest BCUT2D eigenvalue weighted by Crippen LogP contribution is 2.12. The molecule has 0 bridgehead atoms. The summed E-state index contributed by atoms with van der Waals surface area (Å²) in [6, 6.07) is 0. The van der Waals surface area contributed by atoms with Crippen molar-refractivity contribution >= 4 is 11.8 Å². The summed E-state index contributed by atoms with van der Waals surface area (Å²) < 4.78 is 4.62. The van der Waals surface area contributed by atoms with E-state index in [1.807, 2.05) is 0 Å². The number of aliphatic carboxylic acids is 1. The van der Waals surface area contributed by atoms with Crippen LogP contribution in [0.25, 0.3) is 0 Å². The average Bonchev–Trinajstić information content (AvgIpc) is 2.37. The lowest BCUT2D eigenvalue weighted by Gasteiger charge is -2.29. The first-order valence-corrected chi connectivity index (χ1v) is 5.38. The summed E-state index contributed by atoms with van der Waals surface area (Å²) in [5.41, 5.74) is 0. The number of ketones is 1. The van der Waals surface area contributed by atoms with Gasteiger partial charge in [-0.1, -0.05) is 0 Å². The van der Waals surface area contributed by atoms with Crippen molar-refractivity contribution in [1.82, 2.24) is 0 Å². The topological polar surface area (TPSA) is 165 Å². The monoisotopic (exact) mass is 282 g/mol. The molecular formula is C10H18O9. The summed E-state index contributed by atoms with van der Waals surface area (Å²) in [6.07, 6.45) is -9.61. The van der Waals surface area contributed by atoms with E-state index in [4.69, 9.17) is 10.2 Å². The number of Topliss-reactive ketones (excluding diaryl/α,β-unsaturated/α-hetero) is 1. The van der Waals surface area contributed by atoms with Crippen LogP contribution in [0, 0.1) is 0 Å². The second-order valence-electron chi connectivity index (χ2n) is 3.93. The smallest absolute Gasteiger partial charge is 0.372 e. The van der Waals surface area contributed by atoms with Crippen LogP contribution in [0.1, 0.15) is 6.42 Å². The van der Waals surface area contributed by atoms with E-state index in [0.717, 1.165) is 7.11 Å². The Bertz CT molecular complexity index is 301. The third-order valence-corrected chi connectivity index (χ3v) is 2.59. The Balaban J connectivity index is 4.58. The Kier molecular flexibility index (Phi) is 7.68. The highest BCUT2D eigenvalue weighted by Gasteiger charge is 2.36. The lowest BCUT2D eigenvalue weighted by atomic mass is 9.96. The molecule has 0 aromatic heterocycles. The van der Waals surface area contributed by atoms with Gasteiger partial charge in [0.1, 0.15) is 24.4 Å². The highest BCUT2D eigenvalue weighted by molar-refractivity contribution is 6.32. The van der Waals surface area contributed by atoms with Crippen molar-refractivity contribution in [3.63, 3.8) is 0 Å². The molecule has 0 amide bonds. The molecule has 0 aliphatic rings. The fraction of sp³-hybridized carbons (Fsp3) is 0.800. The van der Waals surface area contributed by atoms with Crippen molar-refractivity contribution in [1.29, 1.82) is 0 Å². The number of carboxylic acids is 1. The van der Waals surface area contributed by atoms with Crippen molar-refractivity contribution < 1.29 is 45.0 Å². The summed E-state index contributed by atoms with van der Waals surface area (Å²) >= 11 is 0. The van der Waals surface area contributed by atoms with E-state index in [1.54, 1.807) is 0 Å². The first kappa shape index (κ1) is 17.9. The third kappa shape index (κ3) is 5.19. The standard InChI is InChI=1S/C10H18O9/c1-19-6(3-11)8(15)9(16)7(14)4(12)2-5(13)10(17)18/h4,6-9,11-12,14-16H,2-3H2,1H3,(H,17,18). The molecule has 19 heavy (non-hydrogen) atoms. The van der Waals surface area contributed by atoms with Gasteiger partial charge < -0.3 is 35.4 Å². The predicted octanol–water partition coefficient (Wildman–Crippen LogP) is -3.52. The molecule has 0 aliphatic carbocycles. The van der Waals surface area contributed by atoms with Crippen molar-refractivity contribution in [2.24, 2.45) is 0 Å². The van der Waals surface area contributed by atoms with Gasteiger partial charge in [-0.2, -0.15) is 0 Å². The maximum atomic E-state index is 10.8. The Morgan fingerprint density at radius 3 is 1.95 bits per heavy atom. The number of rotatable bonds is 9. The van der Waals surface area contributed by atoms with Gasteiger partial charge >= 0.3 is 5.97 Å². The van der Waals surface area contributed by atoms with E-state index in [9.17, 15) is 30.0 Å². The number of ether oxygens (including phenoxy) is 1. The van der Waals surface area contributed by atoms with E-state index >= 15 is 0 Å². The van der Waals surface area contributed by atoms with E-state index in [-0.39, 0.29) is 0 Å². The molecule has 0 saturated heterocycles. The quantitative estimate of drug-likeness (QED) is 0.235. The lowest BCUT2D eigenvalue weighted by molar-refractivity contribution is -0.157. The molecule has 0 rings (SSSR count). The van der Waals surface area contributed by atoms with E-state index in [2.05, 4.69) is 4.74 Å². The number of methoxy groups -OCH3 is 1. The molecule has 0 spiro atoms. The van der Waals surface area contributed by atoms with Gasteiger partial charge in [0, 0.05) is 13.5 Å². The molecule has 6 N–H and O–H groups in total. The number of hydrogen-bond donors (Lipinski definition) is 6. The minimum Gasteiger partial charge on any atom is -0.475 e. The average molecular weight is 282 g/mol. The van der Waals surface area contributed by atoms with Crippen LogP contribution in [0.15, 0.2) is 0 Å². The van der Waals surface area contributed by atoms with Gasteiger partial charge in [-0.3, -0.25) is 4.79 Å². The number of carbonyl (C=O) groups is 2. The first-order chi connectivity index (χ1) is 8.76. The number of aliphatic hydroxyl groups excluding tert-OH is 5. The van der Waals surface area contributed by atoms with Gasteiger partial charge in [0.25, 0.3) is 0 Å². The van der Waals surface area contributed by atoms with Crippen LogP contribution in [0.3, 0.4) is 0 Å². The maximum absolute atomic E-state index is 10.8. The Labute approximate surface area is 108 Å². The normalized spacial score (nSPS) is 19.3. The molecule has 0 saturated carbocycles. The summed E-state index contributed by atoms with van der Waals surface area (Å²) in [6.45, 7) is -0.647. The van der Waals surface area contributed by atoms with Crippen molar-refractivity contribution in [3.8, 4) is 0 Å². The molecule has 0 radical (unpaired) electrons. The second kappa shape index (κ2) is 8.15. The molecule has 0 heterocycles. The Morgan fingerprint density at radius 1 is 1.05 bits per heavy atom. The Hall–Kier alpha value is -1.10. The van der Waals surface area contributed by atoms with Crippen LogP contribution in [0.2, 0.25) is 0 Å². The predicted molar refractivity (Wildman–Crippen MR) is 59.2 cm³/mol. The number of carbonyl (C=O) groups excluding carboxylic acids is 1. The molecular weight excluding hydrogens is 264 g/mol. The summed E-state index contributed by atoms with van der Waals surface area (Å²) in [5.74, 6) is -3.13. The highest BCUT2D eigenvalue weighted by atomic mass is 16.5.